The predicted octanol–water partition coefficient (Wildman–Crippen LogP) is 2.22. The topological polar surface area (TPSA) is 54.5 Å². The van der Waals surface area contributed by atoms with E-state index in [0.29, 0.717) is 31.8 Å². The van der Waals surface area contributed by atoms with E-state index in [1.165, 1.54) is 0 Å². The predicted molar refractivity (Wildman–Crippen MR) is 84.0 cm³/mol. The highest BCUT2D eigenvalue weighted by atomic mass is 35.5. The lowest BCUT2D eigenvalue weighted by atomic mass is 10.1. The lowest BCUT2D eigenvalue weighted by molar-refractivity contribution is -0.131. The van der Waals surface area contributed by atoms with Gasteiger partial charge in [-0.25, -0.2) is 8.42 Å². The van der Waals surface area contributed by atoms with Crippen LogP contribution in [0.5, 0.6) is 0 Å². The Balaban J connectivity index is 2.15. The second-order valence-electron chi connectivity index (χ2n) is 5.29. The molecule has 1 saturated heterocycles. The van der Waals surface area contributed by atoms with Crippen LogP contribution < -0.4 is 0 Å². The van der Waals surface area contributed by atoms with Crippen LogP contribution in [-0.2, 0) is 21.2 Å². The van der Waals surface area contributed by atoms with Crippen molar-refractivity contribution in [3.63, 3.8) is 0 Å². The third-order valence-corrected chi connectivity index (χ3v) is 6.07. The molecule has 1 aliphatic heterocycles. The molecule has 21 heavy (non-hydrogen) atoms. The van der Waals surface area contributed by atoms with Gasteiger partial charge in [-0.3, -0.25) is 4.79 Å². The summed E-state index contributed by atoms with van der Waals surface area (Å²) in [5.74, 6) is 0.105. The van der Waals surface area contributed by atoms with Gasteiger partial charge in [-0.05, 0) is 18.4 Å². The number of amides is 1. The maximum absolute atomic E-state index is 12.6. The molecule has 0 spiro atoms. The fraction of sp³-hybridized carbons (Fsp3) is 0.533. The number of carbonyl (C=O) groups excluding carboxylic acids is 1. The first kappa shape index (κ1) is 16.3. The van der Waals surface area contributed by atoms with Crippen LogP contribution in [0.15, 0.2) is 30.3 Å². The van der Waals surface area contributed by atoms with Crippen LogP contribution in [0, 0.1) is 0 Å². The van der Waals surface area contributed by atoms with Crippen molar-refractivity contribution in [2.75, 3.05) is 18.2 Å². The van der Waals surface area contributed by atoms with E-state index in [-0.39, 0.29) is 11.7 Å². The number of halogens is 1. The molecule has 116 valence electrons. The van der Waals surface area contributed by atoms with Crippen molar-refractivity contribution in [3.05, 3.63) is 35.9 Å². The molecule has 2 rings (SSSR count). The fourth-order valence-corrected chi connectivity index (χ4v) is 4.69. The van der Waals surface area contributed by atoms with Gasteiger partial charge in [0, 0.05) is 19.0 Å². The minimum absolute atomic E-state index is 0.115. The standard InChI is InChI=1S/C15H20ClNO3S/c16-9-10-17(12-13-6-2-1-3-7-13)15(18)14-8-4-5-11-21(14,19)20/h1-3,6-7,14H,4-5,8-12H2. The number of alkyl halides is 1. The maximum Gasteiger partial charge on any atom is 0.241 e. The van der Waals surface area contributed by atoms with E-state index in [9.17, 15) is 13.2 Å². The van der Waals surface area contributed by atoms with Crippen LogP contribution in [0.4, 0.5) is 0 Å². The Morgan fingerprint density at radius 2 is 1.95 bits per heavy atom. The summed E-state index contributed by atoms with van der Waals surface area (Å²) in [5, 5.41) is -0.891. The fourth-order valence-electron chi connectivity index (χ4n) is 2.61. The second-order valence-corrected chi connectivity index (χ2v) is 7.97. The summed E-state index contributed by atoms with van der Waals surface area (Å²) in [6, 6.07) is 9.54. The van der Waals surface area contributed by atoms with E-state index in [4.69, 9.17) is 11.6 Å². The third kappa shape index (κ3) is 4.20. The van der Waals surface area contributed by atoms with Gasteiger partial charge in [0.1, 0.15) is 5.25 Å². The zero-order chi connectivity index (χ0) is 15.3. The van der Waals surface area contributed by atoms with Gasteiger partial charge in [0.25, 0.3) is 0 Å². The van der Waals surface area contributed by atoms with Crippen LogP contribution in [0.1, 0.15) is 24.8 Å². The Hall–Kier alpha value is -1.07. The molecule has 0 bridgehead atoms. The van der Waals surface area contributed by atoms with Crippen molar-refractivity contribution in [1.29, 1.82) is 0 Å². The molecule has 0 saturated carbocycles. The van der Waals surface area contributed by atoms with Crippen molar-refractivity contribution in [2.45, 2.75) is 31.1 Å². The first-order valence-corrected chi connectivity index (χ1v) is 9.40. The summed E-state index contributed by atoms with van der Waals surface area (Å²) in [7, 11) is -3.31. The highest BCUT2D eigenvalue weighted by molar-refractivity contribution is 7.92. The molecule has 0 radical (unpaired) electrons. The molecule has 1 heterocycles. The molecule has 4 nitrogen and oxygen atoms in total. The molecule has 1 amide bonds. The number of sulfone groups is 1. The lowest BCUT2D eigenvalue weighted by Crippen LogP contribution is -2.45. The highest BCUT2D eigenvalue weighted by Gasteiger charge is 2.37. The second kappa shape index (κ2) is 7.27. The monoisotopic (exact) mass is 329 g/mol. The Kier molecular flexibility index (Phi) is 5.65. The molecular formula is C15H20ClNO3S. The van der Waals surface area contributed by atoms with E-state index in [1.807, 2.05) is 30.3 Å². The zero-order valence-corrected chi connectivity index (χ0v) is 13.4. The van der Waals surface area contributed by atoms with Crippen LogP contribution >= 0.6 is 11.6 Å². The van der Waals surface area contributed by atoms with Gasteiger partial charge >= 0.3 is 0 Å². The summed E-state index contributed by atoms with van der Waals surface area (Å²) in [5.41, 5.74) is 0.976. The van der Waals surface area contributed by atoms with E-state index >= 15 is 0 Å². The minimum Gasteiger partial charge on any atom is -0.336 e. The molecule has 1 atom stereocenters. The molecular weight excluding hydrogens is 310 g/mol. The van der Waals surface area contributed by atoms with Gasteiger partial charge < -0.3 is 4.90 Å². The SMILES string of the molecule is O=C(C1CCCCS1(=O)=O)N(CCCl)Cc1ccccc1. The van der Waals surface area contributed by atoms with Crippen molar-refractivity contribution in [2.24, 2.45) is 0 Å². The molecule has 0 aromatic heterocycles. The van der Waals surface area contributed by atoms with Gasteiger partial charge in [0.15, 0.2) is 9.84 Å². The molecule has 6 heteroatoms. The average Bonchev–Trinajstić information content (AvgIpc) is 2.47. The quantitative estimate of drug-likeness (QED) is 0.778. The van der Waals surface area contributed by atoms with Crippen LogP contribution in [0.3, 0.4) is 0 Å². The van der Waals surface area contributed by atoms with Crippen molar-refractivity contribution < 1.29 is 13.2 Å². The third-order valence-electron chi connectivity index (χ3n) is 3.74. The van der Waals surface area contributed by atoms with Crippen LogP contribution in [0.25, 0.3) is 0 Å². The minimum atomic E-state index is -3.31. The van der Waals surface area contributed by atoms with E-state index in [0.717, 1.165) is 12.0 Å². The highest BCUT2D eigenvalue weighted by Crippen LogP contribution is 2.22. The zero-order valence-electron chi connectivity index (χ0n) is 11.9. The Labute approximate surface area is 131 Å². The molecule has 0 aliphatic carbocycles. The summed E-state index contributed by atoms with van der Waals surface area (Å²) in [4.78, 5) is 14.2. The Morgan fingerprint density at radius 3 is 2.57 bits per heavy atom. The van der Waals surface area contributed by atoms with Gasteiger partial charge in [-0.1, -0.05) is 36.8 Å². The summed E-state index contributed by atoms with van der Waals surface area (Å²) < 4.78 is 24.2. The molecule has 1 aliphatic rings. The normalized spacial score (nSPS) is 20.9. The van der Waals surface area contributed by atoms with Gasteiger partial charge in [0.2, 0.25) is 5.91 Å². The van der Waals surface area contributed by atoms with Crippen molar-refractivity contribution >= 4 is 27.3 Å². The number of hydrogen-bond donors (Lipinski definition) is 0. The van der Waals surface area contributed by atoms with Gasteiger partial charge in [0.05, 0.1) is 5.75 Å². The average molecular weight is 330 g/mol. The van der Waals surface area contributed by atoms with Crippen LogP contribution in [0.2, 0.25) is 0 Å². The van der Waals surface area contributed by atoms with E-state index in [1.54, 1.807) is 4.90 Å². The van der Waals surface area contributed by atoms with Gasteiger partial charge in [-0.15, -0.1) is 11.6 Å². The smallest absolute Gasteiger partial charge is 0.241 e. The van der Waals surface area contributed by atoms with Crippen molar-refractivity contribution in [3.8, 4) is 0 Å². The molecule has 1 aromatic carbocycles. The molecule has 1 unspecified atom stereocenters. The summed E-state index contributed by atoms with van der Waals surface area (Å²) in [6.45, 7) is 0.764. The number of nitrogens with zero attached hydrogens (tertiary/aromatic N) is 1. The first-order chi connectivity index (χ1) is 10.0. The lowest BCUT2D eigenvalue weighted by Gasteiger charge is -2.29. The number of hydrogen-bond acceptors (Lipinski definition) is 3. The van der Waals surface area contributed by atoms with E-state index in [2.05, 4.69) is 0 Å². The maximum atomic E-state index is 12.6. The Bertz CT molecular complexity index is 574. The molecule has 1 aromatic rings. The molecule has 0 N–H and O–H groups in total. The van der Waals surface area contributed by atoms with Gasteiger partial charge in [-0.2, -0.15) is 0 Å². The first-order valence-electron chi connectivity index (χ1n) is 7.15. The number of benzene rings is 1. The largest absolute Gasteiger partial charge is 0.336 e. The summed E-state index contributed by atoms with van der Waals surface area (Å²) >= 11 is 5.77. The van der Waals surface area contributed by atoms with Crippen LogP contribution in [-0.4, -0.2) is 42.7 Å². The van der Waals surface area contributed by atoms with Crippen molar-refractivity contribution in [1.82, 2.24) is 4.90 Å². The summed E-state index contributed by atoms with van der Waals surface area (Å²) in [6.07, 6.45) is 1.87. The van der Waals surface area contributed by atoms with E-state index < -0.39 is 15.1 Å². The number of rotatable bonds is 5. The molecule has 1 fully saturated rings. The number of carbonyl (C=O) groups is 1. The Morgan fingerprint density at radius 1 is 1.24 bits per heavy atom.